The quantitative estimate of drug-likeness (QED) is 0.484. The van der Waals surface area contributed by atoms with Crippen molar-refractivity contribution in [1.82, 2.24) is 10.2 Å². The third kappa shape index (κ3) is 1.43. The summed E-state index contributed by atoms with van der Waals surface area (Å²) in [7, 11) is 0. The van der Waals surface area contributed by atoms with Crippen molar-refractivity contribution in [2.75, 3.05) is 13.2 Å². The van der Waals surface area contributed by atoms with Crippen LogP contribution in [0.4, 0.5) is 4.79 Å². The molecule has 9 heavy (non-hydrogen) atoms. The van der Waals surface area contributed by atoms with E-state index >= 15 is 0 Å². The first-order valence-electron chi connectivity index (χ1n) is 2.67. The summed E-state index contributed by atoms with van der Waals surface area (Å²) in [6.07, 6.45) is 2.40. The number of amides is 1. The summed E-state index contributed by atoms with van der Waals surface area (Å²) in [4.78, 5) is 11.4. The number of carboxylic acid groups (broad SMARTS) is 1. The summed E-state index contributed by atoms with van der Waals surface area (Å²) in [6.45, 7) is 1.15. The molecule has 0 spiro atoms. The third-order valence-corrected chi connectivity index (χ3v) is 1.08. The van der Waals surface area contributed by atoms with Crippen molar-refractivity contribution < 1.29 is 9.90 Å². The molecule has 0 fully saturated rings. The maximum Gasteiger partial charge on any atom is 0.412 e. The van der Waals surface area contributed by atoms with Crippen LogP contribution in [0.5, 0.6) is 0 Å². The number of rotatable bonds is 0. The molecule has 0 aromatic heterocycles. The van der Waals surface area contributed by atoms with Crippen LogP contribution in [-0.4, -0.2) is 29.3 Å². The third-order valence-electron chi connectivity index (χ3n) is 1.08. The summed E-state index contributed by atoms with van der Waals surface area (Å²) in [6, 6.07) is 0. The van der Waals surface area contributed by atoms with Gasteiger partial charge in [-0.3, -0.25) is 10.2 Å². The Bertz CT molecular complexity index is 144. The summed E-state index contributed by atoms with van der Waals surface area (Å²) < 4.78 is 0. The van der Waals surface area contributed by atoms with Gasteiger partial charge in [0.25, 0.3) is 0 Å². The van der Waals surface area contributed by atoms with Gasteiger partial charge >= 0.3 is 6.09 Å². The van der Waals surface area contributed by atoms with Gasteiger partial charge in [0, 0.05) is 12.7 Å². The van der Waals surface area contributed by atoms with E-state index in [4.69, 9.17) is 5.11 Å². The first-order valence-corrected chi connectivity index (χ1v) is 2.67. The van der Waals surface area contributed by atoms with Gasteiger partial charge in [-0.2, -0.15) is 0 Å². The Balaban J connectivity index is 2.50. The molecule has 1 aliphatic heterocycles. The standard InChI is InChI=1S/C5H8N2O2/c8-5(9)7-3-1-2-6-4-7/h1,3,6H,2,4H2,(H,8,9). The van der Waals surface area contributed by atoms with E-state index in [1.807, 2.05) is 0 Å². The Morgan fingerprint density at radius 2 is 2.56 bits per heavy atom. The lowest BCUT2D eigenvalue weighted by Crippen LogP contribution is -2.37. The van der Waals surface area contributed by atoms with Gasteiger partial charge in [0.05, 0.1) is 6.67 Å². The van der Waals surface area contributed by atoms with Crippen LogP contribution in [0, 0.1) is 0 Å². The summed E-state index contributed by atoms with van der Waals surface area (Å²) in [5.41, 5.74) is 0. The second-order valence-corrected chi connectivity index (χ2v) is 1.75. The van der Waals surface area contributed by atoms with Crippen LogP contribution >= 0.6 is 0 Å². The minimum absolute atomic E-state index is 0.395. The number of hydrogen-bond acceptors (Lipinski definition) is 2. The maximum absolute atomic E-state index is 10.2. The number of nitrogens with one attached hydrogen (secondary N) is 1. The van der Waals surface area contributed by atoms with E-state index < -0.39 is 6.09 Å². The molecule has 1 amide bonds. The SMILES string of the molecule is O=C(O)N1C=CCNC1. The maximum atomic E-state index is 10.2. The number of nitrogens with zero attached hydrogens (tertiary/aromatic N) is 1. The lowest BCUT2D eigenvalue weighted by atomic mass is 10.5. The van der Waals surface area contributed by atoms with Crippen molar-refractivity contribution in [2.45, 2.75) is 0 Å². The molecule has 0 saturated heterocycles. The van der Waals surface area contributed by atoms with Crippen LogP contribution in [0.1, 0.15) is 0 Å². The van der Waals surface area contributed by atoms with Crippen LogP contribution in [0.2, 0.25) is 0 Å². The minimum atomic E-state index is -0.918. The van der Waals surface area contributed by atoms with Crippen molar-refractivity contribution in [3.05, 3.63) is 12.3 Å². The number of carbonyl (C=O) groups is 1. The first-order chi connectivity index (χ1) is 4.30. The molecule has 1 heterocycles. The second kappa shape index (κ2) is 2.50. The molecule has 1 rings (SSSR count). The fourth-order valence-electron chi connectivity index (χ4n) is 0.632. The molecule has 4 heteroatoms. The smallest absolute Gasteiger partial charge is 0.412 e. The average Bonchev–Trinajstić information content (AvgIpc) is 1.90. The van der Waals surface area contributed by atoms with Gasteiger partial charge in [0.2, 0.25) is 0 Å². The van der Waals surface area contributed by atoms with Crippen LogP contribution in [0.3, 0.4) is 0 Å². The molecule has 2 N–H and O–H groups in total. The zero-order chi connectivity index (χ0) is 6.69. The van der Waals surface area contributed by atoms with Crippen LogP contribution in [0.15, 0.2) is 12.3 Å². The van der Waals surface area contributed by atoms with Crippen LogP contribution in [0.25, 0.3) is 0 Å². The zero-order valence-corrected chi connectivity index (χ0v) is 4.87. The molecular formula is C5H8N2O2. The molecular weight excluding hydrogens is 120 g/mol. The highest BCUT2D eigenvalue weighted by Gasteiger charge is 2.08. The summed E-state index contributed by atoms with van der Waals surface area (Å²) >= 11 is 0. The fourth-order valence-corrected chi connectivity index (χ4v) is 0.632. The van der Waals surface area contributed by atoms with Gasteiger partial charge < -0.3 is 5.11 Å². The van der Waals surface area contributed by atoms with Crippen molar-refractivity contribution in [3.63, 3.8) is 0 Å². The second-order valence-electron chi connectivity index (χ2n) is 1.75. The molecule has 1 aliphatic rings. The van der Waals surface area contributed by atoms with Gasteiger partial charge in [-0.05, 0) is 0 Å². The Hall–Kier alpha value is -1.03. The average molecular weight is 128 g/mol. The Morgan fingerprint density at radius 3 is 2.89 bits per heavy atom. The monoisotopic (exact) mass is 128 g/mol. The predicted molar refractivity (Wildman–Crippen MR) is 31.9 cm³/mol. The van der Waals surface area contributed by atoms with Gasteiger partial charge in [-0.15, -0.1) is 0 Å². The normalized spacial score (nSPS) is 18.0. The molecule has 50 valence electrons. The largest absolute Gasteiger partial charge is 0.465 e. The lowest BCUT2D eigenvalue weighted by molar-refractivity contribution is 0.158. The van der Waals surface area contributed by atoms with Crippen molar-refractivity contribution in [3.8, 4) is 0 Å². The van der Waals surface area contributed by atoms with E-state index in [0.717, 1.165) is 6.54 Å². The molecule has 4 nitrogen and oxygen atoms in total. The van der Waals surface area contributed by atoms with Crippen molar-refractivity contribution in [1.29, 1.82) is 0 Å². The highest BCUT2D eigenvalue weighted by Crippen LogP contribution is 1.92. The van der Waals surface area contributed by atoms with Crippen molar-refractivity contribution >= 4 is 6.09 Å². The Kier molecular flexibility index (Phi) is 1.69. The van der Waals surface area contributed by atoms with Crippen LogP contribution < -0.4 is 5.32 Å². The summed E-state index contributed by atoms with van der Waals surface area (Å²) in [5, 5.41) is 11.2. The van der Waals surface area contributed by atoms with E-state index in [9.17, 15) is 4.79 Å². The molecule has 0 radical (unpaired) electrons. The molecule has 0 aromatic carbocycles. The highest BCUT2D eigenvalue weighted by molar-refractivity contribution is 5.66. The van der Waals surface area contributed by atoms with Crippen LogP contribution in [-0.2, 0) is 0 Å². The Morgan fingerprint density at radius 1 is 1.78 bits per heavy atom. The zero-order valence-electron chi connectivity index (χ0n) is 4.87. The molecule has 0 atom stereocenters. The van der Waals surface area contributed by atoms with E-state index in [2.05, 4.69) is 5.32 Å². The predicted octanol–water partition coefficient (Wildman–Crippen LogP) is 0.0408. The fraction of sp³-hybridized carbons (Fsp3) is 0.400. The first kappa shape index (κ1) is 6.10. The van der Waals surface area contributed by atoms with E-state index in [1.54, 1.807) is 12.3 Å². The van der Waals surface area contributed by atoms with Gasteiger partial charge in [0.15, 0.2) is 0 Å². The van der Waals surface area contributed by atoms with Gasteiger partial charge in [-0.25, -0.2) is 4.79 Å². The molecule has 0 bridgehead atoms. The molecule has 0 aromatic rings. The highest BCUT2D eigenvalue weighted by atomic mass is 16.4. The minimum Gasteiger partial charge on any atom is -0.465 e. The Labute approximate surface area is 52.8 Å². The van der Waals surface area contributed by atoms with E-state index in [1.165, 1.54) is 4.90 Å². The number of hydrogen-bond donors (Lipinski definition) is 2. The van der Waals surface area contributed by atoms with Gasteiger partial charge in [-0.1, -0.05) is 6.08 Å². The molecule has 0 unspecified atom stereocenters. The summed E-state index contributed by atoms with van der Waals surface area (Å²) in [5.74, 6) is 0. The van der Waals surface area contributed by atoms with E-state index in [-0.39, 0.29) is 0 Å². The van der Waals surface area contributed by atoms with Crippen molar-refractivity contribution in [2.24, 2.45) is 0 Å². The lowest BCUT2D eigenvalue weighted by Gasteiger charge is -2.17. The molecule has 0 saturated carbocycles. The molecule has 0 aliphatic carbocycles. The van der Waals surface area contributed by atoms with E-state index in [0.29, 0.717) is 6.67 Å². The topological polar surface area (TPSA) is 52.6 Å². The van der Waals surface area contributed by atoms with Gasteiger partial charge in [0.1, 0.15) is 0 Å².